The van der Waals surface area contributed by atoms with E-state index in [2.05, 4.69) is 15.4 Å². The van der Waals surface area contributed by atoms with Crippen LogP contribution in [0, 0.1) is 23.3 Å². The molecule has 1 atom stereocenters. The molecule has 0 spiro atoms. The largest absolute Gasteiger partial charge is 0.369 e. The average Bonchev–Trinajstić information content (AvgIpc) is 3.35. The van der Waals surface area contributed by atoms with Gasteiger partial charge in [-0.1, -0.05) is 0 Å². The van der Waals surface area contributed by atoms with E-state index >= 15 is 0 Å². The monoisotopic (exact) mass is 445 g/mol. The number of pyridine rings is 1. The van der Waals surface area contributed by atoms with Gasteiger partial charge in [0.2, 0.25) is 0 Å². The van der Waals surface area contributed by atoms with E-state index in [0.717, 1.165) is 23.9 Å². The molecule has 166 valence electrons. The number of carbonyl (C=O) groups is 1. The fourth-order valence-corrected chi connectivity index (χ4v) is 4.68. The van der Waals surface area contributed by atoms with Gasteiger partial charge < -0.3 is 10.2 Å². The highest BCUT2D eigenvalue weighted by Gasteiger charge is 2.36. The summed E-state index contributed by atoms with van der Waals surface area (Å²) in [6.45, 7) is 2.62. The van der Waals surface area contributed by atoms with Crippen LogP contribution in [-0.4, -0.2) is 38.7 Å². The minimum absolute atomic E-state index is 0.00845. The average molecular weight is 445 g/mol. The number of anilines is 1. The van der Waals surface area contributed by atoms with Crippen LogP contribution in [0.1, 0.15) is 40.1 Å². The van der Waals surface area contributed by atoms with E-state index in [9.17, 15) is 22.4 Å². The van der Waals surface area contributed by atoms with Gasteiger partial charge in [-0.3, -0.25) is 9.48 Å². The molecule has 5 rings (SSSR count). The normalized spacial score (nSPS) is 17.2. The Morgan fingerprint density at radius 3 is 2.53 bits per heavy atom. The molecule has 3 aromatic rings. The van der Waals surface area contributed by atoms with Gasteiger partial charge in [-0.15, -0.1) is 0 Å². The van der Waals surface area contributed by atoms with Gasteiger partial charge in [-0.2, -0.15) is 5.10 Å². The van der Waals surface area contributed by atoms with Crippen molar-refractivity contribution in [1.82, 2.24) is 19.7 Å². The second-order valence-electron chi connectivity index (χ2n) is 8.00. The Morgan fingerprint density at radius 1 is 1.09 bits per heavy atom. The molecule has 6 nitrogen and oxygen atoms in total. The van der Waals surface area contributed by atoms with Gasteiger partial charge in [0.1, 0.15) is 5.82 Å². The van der Waals surface area contributed by atoms with Crippen LogP contribution in [0.15, 0.2) is 18.3 Å². The fourth-order valence-electron chi connectivity index (χ4n) is 4.68. The number of benzene rings is 1. The van der Waals surface area contributed by atoms with Gasteiger partial charge in [-0.25, -0.2) is 22.5 Å². The van der Waals surface area contributed by atoms with Crippen molar-refractivity contribution in [3.8, 4) is 11.3 Å². The summed E-state index contributed by atoms with van der Waals surface area (Å²) in [4.78, 5) is 18.9. The number of hydrogen-bond acceptors (Lipinski definition) is 4. The smallest absolute Gasteiger partial charge is 0.257 e. The summed E-state index contributed by atoms with van der Waals surface area (Å²) < 4.78 is 57.2. The topological polar surface area (TPSA) is 63.1 Å². The Kier molecular flexibility index (Phi) is 4.68. The lowest BCUT2D eigenvalue weighted by Gasteiger charge is -2.33. The van der Waals surface area contributed by atoms with Crippen molar-refractivity contribution >= 4 is 11.7 Å². The molecular weight excluding hydrogens is 426 g/mol. The first-order chi connectivity index (χ1) is 15.3. The van der Waals surface area contributed by atoms with Crippen molar-refractivity contribution in [3.05, 3.63) is 64.0 Å². The van der Waals surface area contributed by atoms with Crippen molar-refractivity contribution < 1.29 is 22.4 Å². The van der Waals surface area contributed by atoms with Crippen molar-refractivity contribution in [1.29, 1.82) is 0 Å². The quantitative estimate of drug-likeness (QED) is 0.482. The highest BCUT2D eigenvalue weighted by molar-refractivity contribution is 5.98. The summed E-state index contributed by atoms with van der Waals surface area (Å²) >= 11 is 0. The number of hydrogen-bond donors (Lipinski definition) is 1. The molecule has 1 aromatic carbocycles. The third kappa shape index (κ3) is 2.96. The van der Waals surface area contributed by atoms with Crippen LogP contribution in [-0.2, 0) is 19.9 Å². The molecule has 4 heterocycles. The van der Waals surface area contributed by atoms with E-state index in [4.69, 9.17) is 0 Å². The predicted molar refractivity (Wildman–Crippen MR) is 108 cm³/mol. The molecule has 0 saturated carbocycles. The minimum atomic E-state index is -1.53. The first-order valence-corrected chi connectivity index (χ1v) is 10.2. The molecule has 0 fully saturated rings. The Hall–Kier alpha value is -3.43. The molecule has 0 aliphatic carbocycles. The first-order valence-electron chi connectivity index (χ1n) is 10.2. The van der Waals surface area contributed by atoms with Gasteiger partial charge in [0.05, 0.1) is 29.2 Å². The molecule has 1 amide bonds. The van der Waals surface area contributed by atoms with Gasteiger partial charge in [-0.05, 0) is 31.9 Å². The molecule has 0 saturated heterocycles. The summed E-state index contributed by atoms with van der Waals surface area (Å²) in [5, 5.41) is 7.52. The van der Waals surface area contributed by atoms with E-state index in [1.165, 1.54) is 4.68 Å². The second kappa shape index (κ2) is 7.32. The van der Waals surface area contributed by atoms with Crippen LogP contribution >= 0.6 is 0 Å². The zero-order valence-electron chi connectivity index (χ0n) is 17.3. The lowest BCUT2D eigenvalue weighted by molar-refractivity contribution is 0.0667. The molecule has 2 aliphatic heterocycles. The predicted octanol–water partition coefficient (Wildman–Crippen LogP) is 3.77. The number of nitrogens with zero attached hydrogens (tertiary/aromatic N) is 4. The maximum absolute atomic E-state index is 14.6. The van der Waals surface area contributed by atoms with Gasteiger partial charge in [0, 0.05) is 36.8 Å². The van der Waals surface area contributed by atoms with E-state index in [-0.39, 0.29) is 17.7 Å². The van der Waals surface area contributed by atoms with Crippen LogP contribution in [0.4, 0.5) is 23.4 Å². The molecule has 2 aliphatic rings. The third-order valence-corrected chi connectivity index (χ3v) is 6.18. The minimum Gasteiger partial charge on any atom is -0.369 e. The number of halogens is 4. The fraction of sp³-hybridized carbons (Fsp3) is 0.318. The van der Waals surface area contributed by atoms with Crippen LogP contribution in [0.25, 0.3) is 11.3 Å². The first kappa shape index (κ1) is 20.5. The molecular formula is C22H19F4N5O. The third-order valence-electron chi connectivity index (χ3n) is 6.18. The van der Waals surface area contributed by atoms with Gasteiger partial charge >= 0.3 is 0 Å². The molecule has 0 unspecified atom stereocenters. The molecule has 1 N–H and O–H groups in total. The number of amides is 1. The van der Waals surface area contributed by atoms with E-state index in [1.807, 2.05) is 0 Å². The van der Waals surface area contributed by atoms with Crippen molar-refractivity contribution in [3.63, 3.8) is 0 Å². The summed E-state index contributed by atoms with van der Waals surface area (Å²) in [5.41, 5.74) is 2.46. The second-order valence-corrected chi connectivity index (χ2v) is 8.00. The SMILES string of the molecule is C[C@H]1c2nn(C)c(-c3cc(F)c(F)c(F)c3)c2CCN1C(=O)c1c(F)cnc2c1CCN2. The highest BCUT2D eigenvalue weighted by atomic mass is 19.2. The number of rotatable bonds is 2. The van der Waals surface area contributed by atoms with Gasteiger partial charge in [0.25, 0.3) is 5.91 Å². The zero-order chi connectivity index (χ0) is 22.7. The van der Waals surface area contributed by atoms with E-state index < -0.39 is 35.2 Å². The zero-order valence-corrected chi connectivity index (χ0v) is 17.3. The maximum Gasteiger partial charge on any atom is 0.257 e. The number of carbonyl (C=O) groups excluding carboxylic acids is 1. The summed E-state index contributed by atoms with van der Waals surface area (Å²) in [7, 11) is 1.62. The van der Waals surface area contributed by atoms with Crippen LogP contribution < -0.4 is 5.32 Å². The van der Waals surface area contributed by atoms with Crippen molar-refractivity contribution in [2.24, 2.45) is 7.05 Å². The lowest BCUT2D eigenvalue weighted by atomic mass is 9.94. The van der Waals surface area contributed by atoms with Crippen molar-refractivity contribution in [2.75, 3.05) is 18.4 Å². The highest BCUT2D eigenvalue weighted by Crippen LogP contribution is 2.38. The summed E-state index contributed by atoms with van der Waals surface area (Å²) in [6.07, 6.45) is 1.90. The van der Waals surface area contributed by atoms with E-state index in [0.29, 0.717) is 42.2 Å². The molecule has 2 aromatic heterocycles. The summed E-state index contributed by atoms with van der Waals surface area (Å²) in [6, 6.07) is 1.36. The standard InChI is InChI=1S/C22H19F4N5O/c1-10-19-13(20(30(2)29-19)11-7-14(23)18(26)15(24)8-11)4-6-31(10)22(32)17-12-3-5-27-21(12)28-9-16(17)25/h7-10H,3-6H2,1-2H3,(H,27,28)/t10-/m0/s1. The van der Waals surface area contributed by atoms with Crippen LogP contribution in [0.3, 0.4) is 0 Å². The van der Waals surface area contributed by atoms with Crippen LogP contribution in [0.5, 0.6) is 0 Å². The Labute approximate surface area is 180 Å². The molecule has 10 heteroatoms. The number of nitrogens with one attached hydrogen (secondary N) is 1. The van der Waals surface area contributed by atoms with E-state index in [1.54, 1.807) is 18.9 Å². The Morgan fingerprint density at radius 2 is 1.81 bits per heavy atom. The molecule has 32 heavy (non-hydrogen) atoms. The number of aryl methyl sites for hydroxylation is 1. The molecule has 0 radical (unpaired) electrons. The molecule has 0 bridgehead atoms. The van der Waals surface area contributed by atoms with Crippen LogP contribution in [0.2, 0.25) is 0 Å². The summed E-state index contributed by atoms with van der Waals surface area (Å²) in [5.74, 6) is -4.71. The number of fused-ring (bicyclic) bond motifs is 2. The number of aromatic nitrogens is 3. The Bertz CT molecular complexity index is 1250. The Balaban J connectivity index is 1.54. The lowest BCUT2D eigenvalue weighted by Crippen LogP contribution is -2.39. The van der Waals surface area contributed by atoms with Crippen molar-refractivity contribution in [2.45, 2.75) is 25.8 Å². The van der Waals surface area contributed by atoms with Gasteiger partial charge in [0.15, 0.2) is 23.3 Å². The maximum atomic E-state index is 14.6.